The topological polar surface area (TPSA) is 15.3 Å². The van der Waals surface area contributed by atoms with Crippen LogP contribution in [-0.2, 0) is 0 Å². The molecular weight excluding hydrogens is 258 g/mol. The maximum absolute atomic E-state index is 13.6. The molecule has 0 aromatic heterocycles. The highest BCUT2D eigenvalue weighted by molar-refractivity contribution is 5.21. The number of piperidine rings is 1. The molecule has 2 nitrogen and oxygen atoms in total. The van der Waals surface area contributed by atoms with E-state index in [0.717, 1.165) is 25.6 Å². The fraction of sp³-hybridized carbons (Fsp3) is 0.625. The summed E-state index contributed by atoms with van der Waals surface area (Å²) < 4.78 is 26.5. The summed E-state index contributed by atoms with van der Waals surface area (Å²) in [6.07, 6.45) is 5.04. The number of hydrogen-bond donors (Lipinski definition) is 1. The highest BCUT2D eigenvalue weighted by Gasteiger charge is 2.12. The van der Waals surface area contributed by atoms with E-state index in [9.17, 15) is 8.78 Å². The van der Waals surface area contributed by atoms with Crippen molar-refractivity contribution in [2.45, 2.75) is 38.6 Å². The van der Waals surface area contributed by atoms with Gasteiger partial charge < -0.3 is 10.2 Å². The molecule has 0 aliphatic carbocycles. The third-order valence-electron chi connectivity index (χ3n) is 3.98. The van der Waals surface area contributed by atoms with Crippen molar-refractivity contribution in [3.63, 3.8) is 0 Å². The lowest BCUT2D eigenvalue weighted by atomic mass is 10.1. The van der Waals surface area contributed by atoms with Gasteiger partial charge in [-0.1, -0.05) is 12.5 Å². The van der Waals surface area contributed by atoms with E-state index in [2.05, 4.69) is 10.2 Å². The van der Waals surface area contributed by atoms with Crippen molar-refractivity contribution in [2.24, 2.45) is 0 Å². The van der Waals surface area contributed by atoms with Gasteiger partial charge in [0, 0.05) is 17.7 Å². The first kappa shape index (κ1) is 15.4. The second-order valence-corrected chi connectivity index (χ2v) is 5.60. The number of nitrogens with one attached hydrogen (secondary N) is 1. The van der Waals surface area contributed by atoms with Crippen molar-refractivity contribution < 1.29 is 8.78 Å². The Labute approximate surface area is 120 Å². The zero-order chi connectivity index (χ0) is 14.4. The summed E-state index contributed by atoms with van der Waals surface area (Å²) in [5.74, 6) is -0.996. The Morgan fingerprint density at radius 1 is 1.20 bits per heavy atom. The maximum Gasteiger partial charge on any atom is 0.130 e. The monoisotopic (exact) mass is 282 g/mol. The minimum Gasteiger partial charge on any atom is -0.310 e. The molecule has 1 fully saturated rings. The molecule has 0 amide bonds. The molecule has 1 aromatic carbocycles. The zero-order valence-corrected chi connectivity index (χ0v) is 12.2. The van der Waals surface area contributed by atoms with E-state index in [-0.39, 0.29) is 6.04 Å². The third kappa shape index (κ3) is 4.53. The van der Waals surface area contributed by atoms with Crippen molar-refractivity contribution >= 4 is 0 Å². The van der Waals surface area contributed by atoms with E-state index < -0.39 is 11.6 Å². The van der Waals surface area contributed by atoms with Gasteiger partial charge in [-0.05, 0) is 58.4 Å². The summed E-state index contributed by atoms with van der Waals surface area (Å²) in [7, 11) is 0. The van der Waals surface area contributed by atoms with Gasteiger partial charge in [0.05, 0.1) is 0 Å². The molecule has 0 spiro atoms. The first-order valence-corrected chi connectivity index (χ1v) is 7.57. The number of hydrogen-bond acceptors (Lipinski definition) is 2. The molecule has 4 heteroatoms. The Bertz CT molecular complexity index is 417. The summed E-state index contributed by atoms with van der Waals surface area (Å²) in [4.78, 5) is 2.49. The van der Waals surface area contributed by atoms with Crippen molar-refractivity contribution in [1.29, 1.82) is 0 Å². The van der Waals surface area contributed by atoms with Crippen LogP contribution >= 0.6 is 0 Å². The van der Waals surface area contributed by atoms with Crippen molar-refractivity contribution in [2.75, 3.05) is 26.2 Å². The second-order valence-electron chi connectivity index (χ2n) is 5.60. The number of halogens is 2. The van der Waals surface area contributed by atoms with Gasteiger partial charge in [-0.15, -0.1) is 0 Å². The first-order valence-electron chi connectivity index (χ1n) is 7.57. The standard InChI is InChI=1S/C16H24F2N2/c1-13(15-7-6-14(17)12-16(15)18)19-8-5-11-20-9-3-2-4-10-20/h6-7,12-13,19H,2-5,8-11H2,1H3. The van der Waals surface area contributed by atoms with Crippen LogP contribution < -0.4 is 5.32 Å². The Morgan fingerprint density at radius 3 is 2.65 bits per heavy atom. The van der Waals surface area contributed by atoms with E-state index in [1.807, 2.05) is 6.92 Å². The van der Waals surface area contributed by atoms with E-state index in [0.29, 0.717) is 5.56 Å². The molecule has 1 aliphatic rings. The van der Waals surface area contributed by atoms with Crippen LogP contribution in [0.5, 0.6) is 0 Å². The van der Waals surface area contributed by atoms with E-state index in [4.69, 9.17) is 0 Å². The van der Waals surface area contributed by atoms with Crippen molar-refractivity contribution in [3.8, 4) is 0 Å². The average Bonchev–Trinajstić information content (AvgIpc) is 2.44. The summed E-state index contributed by atoms with van der Waals surface area (Å²) >= 11 is 0. The predicted octanol–water partition coefficient (Wildman–Crippen LogP) is 3.49. The van der Waals surface area contributed by atoms with Gasteiger partial charge in [-0.3, -0.25) is 0 Å². The Hall–Kier alpha value is -1.00. The molecule has 0 saturated carbocycles. The van der Waals surface area contributed by atoms with Crippen LogP contribution in [0.4, 0.5) is 8.78 Å². The largest absolute Gasteiger partial charge is 0.310 e. The lowest BCUT2D eigenvalue weighted by Gasteiger charge is -2.26. The van der Waals surface area contributed by atoms with Crippen LogP contribution in [0, 0.1) is 11.6 Å². The molecule has 1 aliphatic heterocycles. The summed E-state index contributed by atoms with van der Waals surface area (Å²) in [6, 6.07) is 3.69. The van der Waals surface area contributed by atoms with E-state index in [1.54, 1.807) is 0 Å². The van der Waals surface area contributed by atoms with Gasteiger partial charge in [-0.2, -0.15) is 0 Å². The van der Waals surface area contributed by atoms with Crippen molar-refractivity contribution in [1.82, 2.24) is 10.2 Å². The lowest BCUT2D eigenvalue weighted by molar-refractivity contribution is 0.225. The van der Waals surface area contributed by atoms with Crippen LogP contribution in [0.2, 0.25) is 0 Å². The lowest BCUT2D eigenvalue weighted by Crippen LogP contribution is -2.32. The molecule has 0 bridgehead atoms. The molecule has 1 aromatic rings. The number of rotatable bonds is 6. The maximum atomic E-state index is 13.6. The third-order valence-corrected chi connectivity index (χ3v) is 3.98. The molecule has 1 saturated heterocycles. The van der Waals surface area contributed by atoms with Crippen LogP contribution in [0.15, 0.2) is 18.2 Å². The van der Waals surface area contributed by atoms with Gasteiger partial charge >= 0.3 is 0 Å². The van der Waals surface area contributed by atoms with E-state index >= 15 is 0 Å². The molecule has 1 N–H and O–H groups in total. The Balaban J connectivity index is 1.70. The number of nitrogens with zero attached hydrogens (tertiary/aromatic N) is 1. The van der Waals surface area contributed by atoms with Gasteiger partial charge in [0.25, 0.3) is 0 Å². The molecule has 1 heterocycles. The molecule has 1 atom stereocenters. The van der Waals surface area contributed by atoms with Crippen molar-refractivity contribution in [3.05, 3.63) is 35.4 Å². The number of likely N-dealkylation sites (tertiary alicyclic amines) is 1. The molecule has 0 radical (unpaired) electrons. The van der Waals surface area contributed by atoms with Crippen LogP contribution in [0.3, 0.4) is 0 Å². The zero-order valence-electron chi connectivity index (χ0n) is 12.2. The average molecular weight is 282 g/mol. The van der Waals surface area contributed by atoms with Gasteiger partial charge in [0.2, 0.25) is 0 Å². The highest BCUT2D eigenvalue weighted by Crippen LogP contribution is 2.17. The Kier molecular flexibility index (Phi) is 5.92. The second kappa shape index (κ2) is 7.70. The summed E-state index contributed by atoms with van der Waals surface area (Å²) in [5, 5.41) is 3.31. The fourth-order valence-corrected chi connectivity index (χ4v) is 2.77. The summed E-state index contributed by atoms with van der Waals surface area (Å²) in [5.41, 5.74) is 0.532. The number of benzene rings is 1. The molecule has 2 rings (SSSR count). The van der Waals surface area contributed by atoms with Gasteiger partial charge in [-0.25, -0.2) is 8.78 Å². The van der Waals surface area contributed by atoms with Gasteiger partial charge in [0.15, 0.2) is 0 Å². The predicted molar refractivity (Wildman–Crippen MR) is 77.7 cm³/mol. The Morgan fingerprint density at radius 2 is 1.95 bits per heavy atom. The molecule has 112 valence electrons. The molecular formula is C16H24F2N2. The van der Waals surface area contributed by atoms with Crippen LogP contribution in [-0.4, -0.2) is 31.1 Å². The van der Waals surface area contributed by atoms with E-state index in [1.165, 1.54) is 44.5 Å². The van der Waals surface area contributed by atoms with Gasteiger partial charge in [0.1, 0.15) is 11.6 Å². The normalized spacial score (nSPS) is 18.1. The SMILES string of the molecule is CC(NCCCN1CCCCC1)c1ccc(F)cc1F. The van der Waals surface area contributed by atoms with Crippen LogP contribution in [0.1, 0.15) is 44.2 Å². The molecule has 1 unspecified atom stereocenters. The minimum absolute atomic E-state index is 0.0862. The quantitative estimate of drug-likeness (QED) is 0.803. The smallest absolute Gasteiger partial charge is 0.130 e. The minimum atomic E-state index is -0.524. The van der Waals surface area contributed by atoms with Crippen LogP contribution in [0.25, 0.3) is 0 Å². The first-order chi connectivity index (χ1) is 9.66. The fourth-order valence-electron chi connectivity index (χ4n) is 2.77. The molecule has 20 heavy (non-hydrogen) atoms. The summed E-state index contributed by atoms with van der Waals surface area (Å²) in [6.45, 7) is 6.29. The highest BCUT2D eigenvalue weighted by atomic mass is 19.1.